The van der Waals surface area contributed by atoms with Crippen LogP contribution in [0.5, 0.6) is 0 Å². The summed E-state index contributed by atoms with van der Waals surface area (Å²) in [5.74, 6) is 0. The maximum Gasteiger partial charge on any atom is 0.300 e. The third-order valence-electron chi connectivity index (χ3n) is 3.77. The predicted octanol–water partition coefficient (Wildman–Crippen LogP) is 4.59. The Labute approximate surface area is 159 Å². The average Bonchev–Trinajstić information content (AvgIpc) is 2.72. The molecule has 0 aliphatic carbocycles. The molecule has 0 saturated heterocycles. The first kappa shape index (κ1) is 19.8. The molecular weight excluding hydrogens is 364 g/mol. The van der Waals surface area contributed by atoms with E-state index < -0.39 is 9.85 Å². The van der Waals surface area contributed by atoms with Crippen molar-refractivity contribution in [3.8, 4) is 0 Å². The van der Waals surface area contributed by atoms with Gasteiger partial charge in [-0.25, -0.2) is 0 Å². The Hall–Kier alpha value is -4.52. The minimum absolute atomic E-state index is 0.219. The molecule has 10 nitrogen and oxygen atoms in total. The molecule has 140 valence electrons. The van der Waals surface area contributed by atoms with Crippen molar-refractivity contribution in [2.75, 3.05) is 10.6 Å². The number of rotatable bonds is 5. The number of non-ortho nitro benzene ring substituents is 1. The third kappa shape index (κ3) is 4.17. The van der Waals surface area contributed by atoms with Crippen LogP contribution in [0.2, 0.25) is 0 Å². The quantitative estimate of drug-likeness (QED) is 0.291. The van der Waals surface area contributed by atoms with Gasteiger partial charge in [-0.1, -0.05) is 18.2 Å². The van der Waals surface area contributed by atoms with Crippen molar-refractivity contribution in [2.24, 2.45) is 0 Å². The lowest BCUT2D eigenvalue weighted by molar-refractivity contribution is -0.393. The minimum Gasteiger partial charge on any atom is -0.399 e. The van der Waals surface area contributed by atoms with Gasteiger partial charge in [0.25, 0.3) is 11.4 Å². The van der Waals surface area contributed by atoms with Crippen molar-refractivity contribution in [1.82, 2.24) is 0 Å². The Balaban J connectivity index is 0.00000136. The van der Waals surface area contributed by atoms with Crippen molar-refractivity contribution in [3.05, 3.63) is 93.0 Å². The summed E-state index contributed by atoms with van der Waals surface area (Å²) in [6, 6.07) is 19.4. The zero-order valence-corrected chi connectivity index (χ0v) is 14.4. The molecule has 3 rings (SSSR count). The lowest BCUT2D eigenvalue weighted by Crippen LogP contribution is -2.12. The van der Waals surface area contributed by atoms with Gasteiger partial charge < -0.3 is 10.6 Å². The summed E-state index contributed by atoms with van der Waals surface area (Å²) in [5.41, 5.74) is 7.12. The Morgan fingerprint density at radius 1 is 0.786 bits per heavy atom. The number of nitrogens with two attached hydrogens (primary N) is 1. The van der Waals surface area contributed by atoms with Gasteiger partial charge in [-0.15, -0.1) is 0 Å². The summed E-state index contributed by atoms with van der Waals surface area (Å²) in [4.78, 5) is 22.9. The summed E-state index contributed by atoms with van der Waals surface area (Å²) in [7, 11) is 0. The Morgan fingerprint density at radius 2 is 1.36 bits per heavy atom. The molecule has 0 bridgehead atoms. The Morgan fingerprint density at radius 3 is 1.89 bits per heavy atom. The molecule has 0 unspecified atom stereocenters. The van der Waals surface area contributed by atoms with E-state index >= 15 is 0 Å². The van der Waals surface area contributed by atoms with E-state index in [0.29, 0.717) is 17.1 Å². The van der Waals surface area contributed by atoms with Crippen LogP contribution < -0.4 is 10.6 Å². The molecular formula is C18H14N6O4. The molecule has 0 fully saturated rings. The number of nitro benzene ring substituents is 2. The summed E-state index contributed by atoms with van der Waals surface area (Å²) in [6.45, 7) is 0. The number of hydrogen-bond acceptors (Lipinski definition) is 8. The lowest BCUT2D eigenvalue weighted by atomic mass is 10.1. The molecule has 0 spiro atoms. The van der Waals surface area contributed by atoms with E-state index in [1.54, 1.807) is 53.4 Å². The third-order valence-corrected chi connectivity index (χ3v) is 3.77. The van der Waals surface area contributed by atoms with Gasteiger partial charge in [-0.3, -0.25) is 20.2 Å². The lowest BCUT2D eigenvalue weighted by Gasteiger charge is -2.25. The summed E-state index contributed by atoms with van der Waals surface area (Å²) < 4.78 is 0. The largest absolute Gasteiger partial charge is 0.399 e. The molecule has 0 radical (unpaired) electrons. The SMILES string of the molecule is N#N.Nc1ccc(N(c2ccccc2)c2ccc([N+](=O)[O-])cc2[N+](=O)[O-])cc1. The van der Waals surface area contributed by atoms with Crippen LogP contribution in [-0.4, -0.2) is 9.85 Å². The fourth-order valence-corrected chi connectivity index (χ4v) is 2.59. The Kier molecular flexibility index (Phi) is 6.17. The summed E-state index contributed by atoms with van der Waals surface area (Å²) >= 11 is 0. The number of nitrogen functional groups attached to an aromatic ring is 1. The van der Waals surface area contributed by atoms with E-state index in [9.17, 15) is 20.2 Å². The van der Waals surface area contributed by atoms with Gasteiger partial charge >= 0.3 is 0 Å². The van der Waals surface area contributed by atoms with E-state index in [2.05, 4.69) is 0 Å². The highest BCUT2D eigenvalue weighted by Gasteiger charge is 2.25. The maximum atomic E-state index is 11.6. The molecule has 2 N–H and O–H groups in total. The smallest absolute Gasteiger partial charge is 0.300 e. The molecule has 28 heavy (non-hydrogen) atoms. The van der Waals surface area contributed by atoms with Gasteiger partial charge in [-0.05, 0) is 42.5 Å². The van der Waals surface area contributed by atoms with E-state index in [1.807, 2.05) is 6.07 Å². The summed E-state index contributed by atoms with van der Waals surface area (Å²) in [5, 5.41) is 34.5. The highest BCUT2D eigenvalue weighted by atomic mass is 16.6. The maximum absolute atomic E-state index is 11.6. The highest BCUT2D eigenvalue weighted by Crippen LogP contribution is 2.41. The highest BCUT2D eigenvalue weighted by molar-refractivity contribution is 5.83. The van der Waals surface area contributed by atoms with Crippen molar-refractivity contribution >= 4 is 34.1 Å². The van der Waals surface area contributed by atoms with Crippen molar-refractivity contribution < 1.29 is 9.85 Å². The molecule has 0 aliphatic heterocycles. The van der Waals surface area contributed by atoms with Crippen LogP contribution in [0, 0.1) is 31.0 Å². The molecule has 0 aliphatic rings. The fourth-order valence-electron chi connectivity index (χ4n) is 2.59. The van der Waals surface area contributed by atoms with Crippen molar-refractivity contribution in [2.45, 2.75) is 0 Å². The number of para-hydroxylation sites is 1. The standard InChI is InChI=1S/C18H14N4O4.N2/c19-13-6-8-15(9-7-13)20(14-4-2-1-3-5-14)17-11-10-16(21(23)24)12-18(17)22(25)26;1-2/h1-12H,19H2;. The van der Waals surface area contributed by atoms with Crippen molar-refractivity contribution in [1.29, 1.82) is 10.8 Å². The monoisotopic (exact) mass is 378 g/mol. The minimum atomic E-state index is -0.660. The number of anilines is 4. The fraction of sp³-hybridized carbons (Fsp3) is 0. The first-order chi connectivity index (χ1) is 13.5. The topological polar surface area (TPSA) is 163 Å². The van der Waals surface area contributed by atoms with E-state index in [-0.39, 0.29) is 17.1 Å². The molecule has 10 heteroatoms. The molecule has 3 aromatic rings. The zero-order chi connectivity index (χ0) is 20.7. The molecule has 0 saturated carbocycles. The van der Waals surface area contributed by atoms with E-state index in [4.69, 9.17) is 16.5 Å². The van der Waals surface area contributed by atoms with Crippen LogP contribution in [-0.2, 0) is 0 Å². The molecule has 0 amide bonds. The normalized spacial score (nSPS) is 9.64. The van der Waals surface area contributed by atoms with Crippen LogP contribution in [0.3, 0.4) is 0 Å². The number of benzene rings is 3. The number of hydrogen-bond donors (Lipinski definition) is 1. The molecule has 0 aromatic heterocycles. The van der Waals surface area contributed by atoms with Gasteiger partial charge in [0, 0.05) is 33.9 Å². The average molecular weight is 378 g/mol. The van der Waals surface area contributed by atoms with Crippen LogP contribution >= 0.6 is 0 Å². The van der Waals surface area contributed by atoms with Crippen molar-refractivity contribution in [3.63, 3.8) is 0 Å². The van der Waals surface area contributed by atoms with Gasteiger partial charge in [0.05, 0.1) is 15.9 Å². The van der Waals surface area contributed by atoms with Gasteiger partial charge in [0.15, 0.2) is 0 Å². The second kappa shape index (κ2) is 8.72. The molecule has 3 aromatic carbocycles. The first-order valence-electron chi connectivity index (χ1n) is 7.81. The number of nitro groups is 2. The van der Waals surface area contributed by atoms with E-state index in [0.717, 1.165) is 6.07 Å². The Bertz CT molecular complexity index is 1010. The molecule has 0 atom stereocenters. The zero-order valence-electron chi connectivity index (χ0n) is 14.4. The second-order valence-electron chi connectivity index (χ2n) is 5.45. The first-order valence-corrected chi connectivity index (χ1v) is 7.81. The van der Waals surface area contributed by atoms with Gasteiger partial charge in [0.2, 0.25) is 0 Å². The molecule has 0 heterocycles. The predicted molar refractivity (Wildman–Crippen MR) is 102 cm³/mol. The van der Waals surface area contributed by atoms with Crippen LogP contribution in [0.1, 0.15) is 0 Å². The second-order valence-corrected chi connectivity index (χ2v) is 5.45. The summed E-state index contributed by atoms with van der Waals surface area (Å²) in [6.07, 6.45) is 0. The van der Waals surface area contributed by atoms with E-state index in [1.165, 1.54) is 12.1 Å². The van der Waals surface area contributed by atoms with Gasteiger partial charge in [-0.2, -0.15) is 0 Å². The van der Waals surface area contributed by atoms with Crippen LogP contribution in [0.25, 0.3) is 0 Å². The van der Waals surface area contributed by atoms with Crippen LogP contribution in [0.4, 0.5) is 34.1 Å². The van der Waals surface area contributed by atoms with Gasteiger partial charge in [0.1, 0.15) is 5.69 Å². The number of nitrogens with zero attached hydrogens (tertiary/aromatic N) is 5. The van der Waals surface area contributed by atoms with Crippen LogP contribution in [0.15, 0.2) is 72.8 Å².